The summed E-state index contributed by atoms with van der Waals surface area (Å²) in [7, 11) is 0. The van der Waals surface area contributed by atoms with E-state index < -0.39 is 5.91 Å². The number of nitrogens with one attached hydrogen (secondary N) is 1. The highest BCUT2D eigenvalue weighted by Gasteiger charge is 2.10. The Bertz CT molecular complexity index is 780. The van der Waals surface area contributed by atoms with Crippen molar-refractivity contribution in [3.05, 3.63) is 64.7 Å². The van der Waals surface area contributed by atoms with Gasteiger partial charge < -0.3 is 11.1 Å². The van der Waals surface area contributed by atoms with Gasteiger partial charge in [-0.3, -0.25) is 14.4 Å². The highest BCUT2D eigenvalue weighted by molar-refractivity contribution is 6.00. The molecule has 0 saturated heterocycles. The van der Waals surface area contributed by atoms with Crippen LogP contribution < -0.4 is 11.1 Å². The van der Waals surface area contributed by atoms with Gasteiger partial charge in [-0.2, -0.15) is 0 Å². The Morgan fingerprint density at radius 1 is 0.875 bits per heavy atom. The molecule has 0 aliphatic heterocycles. The summed E-state index contributed by atoms with van der Waals surface area (Å²) in [6.45, 7) is 3.94. The van der Waals surface area contributed by atoms with Gasteiger partial charge in [0.25, 0.3) is 0 Å². The number of hydrogen-bond acceptors (Lipinski definition) is 3. The van der Waals surface area contributed by atoms with Crippen molar-refractivity contribution < 1.29 is 14.4 Å². The molecule has 2 aromatic rings. The fraction of sp³-hybridized carbons (Fsp3) is 0.211. The van der Waals surface area contributed by atoms with E-state index in [1.807, 2.05) is 26.0 Å². The molecular formula is C19H20N2O3. The lowest BCUT2D eigenvalue weighted by molar-refractivity contribution is -0.116. The van der Waals surface area contributed by atoms with Crippen molar-refractivity contribution >= 4 is 23.3 Å². The Morgan fingerprint density at radius 2 is 1.50 bits per heavy atom. The summed E-state index contributed by atoms with van der Waals surface area (Å²) < 4.78 is 0. The molecular weight excluding hydrogens is 304 g/mol. The Labute approximate surface area is 140 Å². The van der Waals surface area contributed by atoms with E-state index in [9.17, 15) is 14.4 Å². The first-order valence-electron chi connectivity index (χ1n) is 7.67. The van der Waals surface area contributed by atoms with Crippen molar-refractivity contribution in [2.45, 2.75) is 26.7 Å². The van der Waals surface area contributed by atoms with Gasteiger partial charge in [0.05, 0.1) is 0 Å². The molecule has 2 rings (SSSR count). The van der Waals surface area contributed by atoms with Crippen molar-refractivity contribution in [3.8, 4) is 0 Å². The van der Waals surface area contributed by atoms with Gasteiger partial charge in [0.15, 0.2) is 5.78 Å². The van der Waals surface area contributed by atoms with Gasteiger partial charge in [-0.25, -0.2) is 0 Å². The fourth-order valence-corrected chi connectivity index (χ4v) is 2.23. The van der Waals surface area contributed by atoms with Crippen LogP contribution in [0.5, 0.6) is 0 Å². The van der Waals surface area contributed by atoms with Crippen molar-refractivity contribution in [1.29, 1.82) is 0 Å². The maximum absolute atomic E-state index is 12.2. The fourth-order valence-electron chi connectivity index (χ4n) is 2.23. The predicted molar refractivity (Wildman–Crippen MR) is 93.1 cm³/mol. The minimum atomic E-state index is -0.521. The molecule has 0 atom stereocenters. The molecule has 3 N–H and O–H groups in total. The van der Waals surface area contributed by atoms with Crippen LogP contribution in [0.1, 0.15) is 44.7 Å². The Balaban J connectivity index is 1.89. The smallest absolute Gasteiger partial charge is 0.248 e. The third-order valence-electron chi connectivity index (χ3n) is 3.86. The van der Waals surface area contributed by atoms with Crippen LogP contribution in [-0.4, -0.2) is 17.6 Å². The number of anilines is 1. The van der Waals surface area contributed by atoms with Crippen LogP contribution in [0, 0.1) is 13.8 Å². The van der Waals surface area contributed by atoms with E-state index >= 15 is 0 Å². The molecule has 0 aromatic heterocycles. The summed E-state index contributed by atoms with van der Waals surface area (Å²) >= 11 is 0. The highest BCUT2D eigenvalue weighted by Crippen LogP contribution is 2.14. The van der Waals surface area contributed by atoms with Gasteiger partial charge in [-0.15, -0.1) is 0 Å². The molecule has 5 nitrogen and oxygen atoms in total. The number of amides is 2. The number of primary amides is 1. The van der Waals surface area contributed by atoms with Gasteiger partial charge in [0.1, 0.15) is 0 Å². The molecule has 2 amide bonds. The van der Waals surface area contributed by atoms with Gasteiger partial charge in [0.2, 0.25) is 11.8 Å². The van der Waals surface area contributed by atoms with Crippen LogP contribution >= 0.6 is 0 Å². The monoisotopic (exact) mass is 324 g/mol. The SMILES string of the molecule is Cc1ccc(C(=O)CCC(=O)Nc2ccc(C(N)=O)cc2)cc1C. The molecule has 0 fully saturated rings. The molecule has 0 radical (unpaired) electrons. The lowest BCUT2D eigenvalue weighted by Crippen LogP contribution is -2.14. The topological polar surface area (TPSA) is 89.3 Å². The standard InChI is InChI=1S/C19H20N2O3/c1-12-3-4-15(11-13(12)2)17(22)9-10-18(23)21-16-7-5-14(6-8-16)19(20)24/h3-8,11H,9-10H2,1-2H3,(H2,20,24)(H,21,23). The predicted octanol–water partition coefficient (Wildman–Crippen LogP) is 3.00. The lowest BCUT2D eigenvalue weighted by Gasteiger charge is -2.07. The molecule has 5 heteroatoms. The average Bonchev–Trinajstić information content (AvgIpc) is 2.55. The van der Waals surface area contributed by atoms with E-state index in [4.69, 9.17) is 5.73 Å². The first-order chi connectivity index (χ1) is 11.4. The third kappa shape index (κ3) is 4.52. The van der Waals surface area contributed by atoms with Crippen LogP contribution in [0.25, 0.3) is 0 Å². The highest BCUT2D eigenvalue weighted by atomic mass is 16.2. The Morgan fingerprint density at radius 3 is 2.08 bits per heavy atom. The molecule has 0 saturated carbocycles. The molecule has 24 heavy (non-hydrogen) atoms. The summed E-state index contributed by atoms with van der Waals surface area (Å²) in [6.07, 6.45) is 0.247. The van der Waals surface area contributed by atoms with Crippen LogP contribution in [0.15, 0.2) is 42.5 Å². The number of carbonyl (C=O) groups is 3. The first-order valence-corrected chi connectivity index (χ1v) is 7.67. The second-order valence-corrected chi connectivity index (χ2v) is 5.71. The Hall–Kier alpha value is -2.95. The molecule has 0 aliphatic rings. The van der Waals surface area contributed by atoms with Crippen LogP contribution in [0.2, 0.25) is 0 Å². The van der Waals surface area contributed by atoms with Crippen molar-refractivity contribution in [3.63, 3.8) is 0 Å². The molecule has 2 aromatic carbocycles. The van der Waals surface area contributed by atoms with Crippen LogP contribution in [0.4, 0.5) is 5.69 Å². The van der Waals surface area contributed by atoms with Gasteiger partial charge >= 0.3 is 0 Å². The summed E-state index contributed by atoms with van der Waals surface area (Å²) in [5.41, 5.74) is 8.90. The molecule has 0 spiro atoms. The molecule has 0 unspecified atom stereocenters. The zero-order valence-electron chi connectivity index (χ0n) is 13.8. The number of hydrogen-bond donors (Lipinski definition) is 2. The van der Waals surface area contributed by atoms with E-state index in [2.05, 4.69) is 5.32 Å². The number of carbonyl (C=O) groups excluding carboxylic acids is 3. The summed E-state index contributed by atoms with van der Waals surface area (Å²) in [6, 6.07) is 11.8. The van der Waals surface area contributed by atoms with Crippen molar-refractivity contribution in [2.24, 2.45) is 5.73 Å². The number of nitrogens with two attached hydrogens (primary N) is 1. The number of aryl methyl sites for hydroxylation is 2. The van der Waals surface area contributed by atoms with E-state index in [0.717, 1.165) is 11.1 Å². The second kappa shape index (κ2) is 7.55. The largest absolute Gasteiger partial charge is 0.366 e. The molecule has 0 aliphatic carbocycles. The Kier molecular flexibility index (Phi) is 5.47. The lowest BCUT2D eigenvalue weighted by atomic mass is 10.0. The zero-order valence-corrected chi connectivity index (χ0v) is 13.8. The van der Waals surface area contributed by atoms with E-state index in [1.54, 1.807) is 18.2 Å². The number of rotatable bonds is 6. The second-order valence-electron chi connectivity index (χ2n) is 5.71. The van der Waals surface area contributed by atoms with E-state index in [0.29, 0.717) is 16.8 Å². The quantitative estimate of drug-likeness (QED) is 0.800. The minimum Gasteiger partial charge on any atom is -0.366 e. The molecule has 0 heterocycles. The molecule has 124 valence electrons. The van der Waals surface area contributed by atoms with Gasteiger partial charge in [-0.05, 0) is 55.3 Å². The summed E-state index contributed by atoms with van der Waals surface area (Å²) in [5, 5.41) is 2.69. The average molecular weight is 324 g/mol. The molecule has 0 bridgehead atoms. The number of Topliss-reactive ketones (excluding diaryl/α,β-unsaturated/α-hetero) is 1. The third-order valence-corrected chi connectivity index (χ3v) is 3.86. The van der Waals surface area contributed by atoms with Gasteiger partial charge in [0, 0.05) is 29.7 Å². The normalized spacial score (nSPS) is 10.2. The van der Waals surface area contributed by atoms with Gasteiger partial charge in [-0.1, -0.05) is 12.1 Å². The minimum absolute atomic E-state index is 0.0580. The summed E-state index contributed by atoms with van der Waals surface area (Å²) in [5.74, 6) is -0.830. The van der Waals surface area contributed by atoms with Crippen molar-refractivity contribution in [1.82, 2.24) is 0 Å². The number of ketones is 1. The van der Waals surface area contributed by atoms with E-state index in [-0.39, 0.29) is 24.5 Å². The van der Waals surface area contributed by atoms with Crippen molar-refractivity contribution in [2.75, 3.05) is 5.32 Å². The van der Waals surface area contributed by atoms with E-state index in [1.165, 1.54) is 12.1 Å². The first kappa shape index (κ1) is 17.4. The maximum Gasteiger partial charge on any atom is 0.248 e. The zero-order chi connectivity index (χ0) is 17.7. The maximum atomic E-state index is 12.2. The van der Waals surface area contributed by atoms with Crippen LogP contribution in [-0.2, 0) is 4.79 Å². The van der Waals surface area contributed by atoms with Crippen LogP contribution in [0.3, 0.4) is 0 Å². The number of benzene rings is 2. The summed E-state index contributed by atoms with van der Waals surface area (Å²) in [4.78, 5) is 35.1.